The molecule has 0 saturated carbocycles. The molecule has 17 heavy (non-hydrogen) atoms. The van der Waals surface area contributed by atoms with Crippen LogP contribution in [0.15, 0.2) is 23.7 Å². The molecular weight excluding hydrogens is 210 g/mol. The molecule has 0 spiro atoms. The van der Waals surface area contributed by atoms with Gasteiger partial charge in [-0.2, -0.15) is 0 Å². The molecule has 2 heteroatoms. The highest BCUT2D eigenvalue weighted by atomic mass is 16.1. The number of benzene rings is 1. The summed E-state index contributed by atoms with van der Waals surface area (Å²) in [6.07, 6.45) is -4.09. The highest BCUT2D eigenvalue weighted by Gasteiger charge is 2.32. The number of primary amides is 1. The van der Waals surface area contributed by atoms with Crippen molar-refractivity contribution in [3.63, 3.8) is 0 Å². The van der Waals surface area contributed by atoms with Gasteiger partial charge < -0.3 is 5.73 Å². The smallest absolute Gasteiger partial charge is 0.224 e. The van der Waals surface area contributed by atoms with E-state index in [-0.39, 0.29) is 12.5 Å². The second-order valence-electron chi connectivity index (χ2n) is 4.51. The molecule has 0 aromatic heterocycles. The van der Waals surface area contributed by atoms with Gasteiger partial charge in [0.15, 0.2) is 0 Å². The number of hydrogen-bond donors (Lipinski definition) is 1. The van der Waals surface area contributed by atoms with E-state index in [1.54, 1.807) is 13.0 Å². The second kappa shape index (κ2) is 3.73. The van der Waals surface area contributed by atoms with E-state index in [9.17, 15) is 4.79 Å². The Bertz CT molecular complexity index is 723. The van der Waals surface area contributed by atoms with E-state index in [0.29, 0.717) is 16.7 Å². The van der Waals surface area contributed by atoms with E-state index in [2.05, 4.69) is 0 Å². The van der Waals surface area contributed by atoms with Crippen LogP contribution in [-0.2, 0) is 11.2 Å². The molecule has 0 heterocycles. The normalized spacial score (nSPS) is 32.5. The van der Waals surface area contributed by atoms with E-state index in [0.717, 1.165) is 11.1 Å². The summed E-state index contributed by atoms with van der Waals surface area (Å²) in [6, 6.07) is 3.87. The Kier molecular flexibility index (Phi) is 1.40. The number of carbonyl (C=O) groups excluding carboxylic acids is 1. The van der Waals surface area contributed by atoms with Crippen LogP contribution in [0.25, 0.3) is 5.57 Å². The summed E-state index contributed by atoms with van der Waals surface area (Å²) in [5, 5.41) is 0. The van der Waals surface area contributed by atoms with Crippen LogP contribution in [0.5, 0.6) is 0 Å². The van der Waals surface area contributed by atoms with E-state index < -0.39 is 31.0 Å². The van der Waals surface area contributed by atoms with Crippen molar-refractivity contribution in [2.75, 3.05) is 0 Å². The molecule has 0 bridgehead atoms. The zero-order chi connectivity index (χ0) is 16.4. The van der Waals surface area contributed by atoms with Gasteiger partial charge in [-0.15, -0.1) is 0 Å². The first kappa shape index (κ1) is 6.39. The van der Waals surface area contributed by atoms with Crippen molar-refractivity contribution < 1.29 is 11.6 Å². The third kappa shape index (κ3) is 1.59. The number of amides is 1. The van der Waals surface area contributed by atoms with Gasteiger partial charge in [-0.1, -0.05) is 23.7 Å². The summed E-state index contributed by atoms with van der Waals surface area (Å²) in [7, 11) is 0. The van der Waals surface area contributed by atoms with Gasteiger partial charge >= 0.3 is 0 Å². The Labute approximate surface area is 109 Å². The largest absolute Gasteiger partial charge is 0.369 e. The molecule has 1 amide bonds. The van der Waals surface area contributed by atoms with Crippen molar-refractivity contribution in [3.8, 4) is 0 Å². The van der Waals surface area contributed by atoms with Crippen molar-refractivity contribution >= 4 is 11.5 Å². The van der Waals surface area contributed by atoms with Crippen LogP contribution < -0.4 is 5.73 Å². The fourth-order valence-electron chi connectivity index (χ4n) is 2.54. The summed E-state index contributed by atoms with van der Waals surface area (Å²) < 4.78 is 40.9. The zero-order valence-corrected chi connectivity index (χ0v) is 9.63. The minimum Gasteiger partial charge on any atom is -0.369 e. The average Bonchev–Trinajstić information content (AvgIpc) is 2.71. The Hall–Kier alpha value is -1.57. The summed E-state index contributed by atoms with van der Waals surface area (Å²) in [4.78, 5) is 11.8. The maximum absolute atomic E-state index is 11.8. The van der Waals surface area contributed by atoms with Crippen LogP contribution in [0, 0.1) is 12.8 Å². The highest BCUT2D eigenvalue weighted by molar-refractivity contribution is 5.87. The van der Waals surface area contributed by atoms with Crippen molar-refractivity contribution in [1.82, 2.24) is 0 Å². The van der Waals surface area contributed by atoms with Gasteiger partial charge in [-0.25, -0.2) is 0 Å². The number of fused-ring (bicyclic) bond motifs is 2. The minimum absolute atomic E-state index is 0.247. The van der Waals surface area contributed by atoms with Crippen LogP contribution in [0.3, 0.4) is 0 Å². The van der Waals surface area contributed by atoms with Crippen LogP contribution in [0.4, 0.5) is 0 Å². The Morgan fingerprint density at radius 1 is 1.59 bits per heavy atom. The van der Waals surface area contributed by atoms with E-state index in [1.165, 1.54) is 0 Å². The number of nitrogens with two attached hydrogens (primary N) is 1. The molecule has 3 rings (SSSR count). The van der Waals surface area contributed by atoms with Gasteiger partial charge in [-0.3, -0.25) is 4.79 Å². The number of aryl methyl sites for hydroxylation is 1. The van der Waals surface area contributed by atoms with E-state index in [1.807, 2.05) is 6.07 Å². The monoisotopic (exact) mass is 232 g/mol. The van der Waals surface area contributed by atoms with Crippen LogP contribution in [0.2, 0.25) is 0 Å². The van der Waals surface area contributed by atoms with Crippen molar-refractivity contribution in [2.24, 2.45) is 11.7 Å². The van der Waals surface area contributed by atoms with Crippen molar-refractivity contribution in [3.05, 3.63) is 40.4 Å². The molecule has 88 valence electrons. The molecule has 2 N–H and O–H groups in total. The third-order valence-corrected chi connectivity index (χ3v) is 3.33. The molecule has 2 aliphatic carbocycles. The fourth-order valence-corrected chi connectivity index (χ4v) is 2.54. The number of allylic oxidation sites excluding steroid dienone is 1. The first-order valence-electron chi connectivity index (χ1n) is 8.18. The van der Waals surface area contributed by atoms with E-state index in [4.69, 9.17) is 12.6 Å². The minimum atomic E-state index is -2.02. The van der Waals surface area contributed by atoms with Gasteiger partial charge in [0.25, 0.3) is 0 Å². The van der Waals surface area contributed by atoms with Crippen LogP contribution in [-0.4, -0.2) is 5.91 Å². The first-order chi connectivity index (χ1) is 10.1. The van der Waals surface area contributed by atoms with Crippen LogP contribution in [0.1, 0.15) is 42.7 Å². The summed E-state index contributed by atoms with van der Waals surface area (Å²) in [5.74, 6) is -1.91. The lowest BCUT2D eigenvalue weighted by atomic mass is 9.82. The molecule has 0 fully saturated rings. The standard InChI is InChI=1S/C15H17NO/c1-9-5-6-10-8-14-11(13(10)7-9)3-2-4-12(14)15(16)17/h5-7,12H,2-4,8H2,1H3,(H2,16,17)/i3D2,4D2,7D. The second-order valence-corrected chi connectivity index (χ2v) is 4.51. The maximum atomic E-state index is 11.8. The molecule has 1 aromatic rings. The van der Waals surface area contributed by atoms with Gasteiger partial charge in [0, 0.05) is 5.48 Å². The lowest BCUT2D eigenvalue weighted by molar-refractivity contribution is -0.121. The quantitative estimate of drug-likeness (QED) is 0.794. The SMILES string of the molecule is [2H]c1c(C)ccc2c1C1=C(C2)C(C(N)=O)C([2H])([2H])CC1([2H])[2H]. The number of hydrogen-bond acceptors (Lipinski definition) is 1. The van der Waals surface area contributed by atoms with E-state index >= 15 is 0 Å². The van der Waals surface area contributed by atoms with Gasteiger partial charge in [0.2, 0.25) is 5.91 Å². The fraction of sp³-hybridized carbons (Fsp3) is 0.400. The predicted molar refractivity (Wildman–Crippen MR) is 68.3 cm³/mol. The molecule has 0 aliphatic heterocycles. The predicted octanol–water partition coefficient (Wildman–Crippen LogP) is 2.59. The summed E-state index contributed by atoms with van der Waals surface area (Å²) >= 11 is 0. The third-order valence-electron chi connectivity index (χ3n) is 3.33. The Morgan fingerprint density at radius 2 is 2.41 bits per heavy atom. The summed E-state index contributed by atoms with van der Waals surface area (Å²) in [6.45, 7) is 1.78. The van der Waals surface area contributed by atoms with Gasteiger partial charge in [0.05, 0.1) is 7.29 Å². The zero-order valence-electron chi connectivity index (χ0n) is 14.6. The Balaban J connectivity index is 2.31. The number of carbonyl (C=O) groups is 1. The molecule has 0 saturated heterocycles. The molecule has 2 aliphatic rings. The topological polar surface area (TPSA) is 43.1 Å². The highest BCUT2D eigenvalue weighted by Crippen LogP contribution is 2.44. The Morgan fingerprint density at radius 3 is 3.18 bits per heavy atom. The molecule has 1 atom stereocenters. The van der Waals surface area contributed by atoms with Gasteiger partial charge in [-0.05, 0) is 54.8 Å². The molecule has 1 aromatic carbocycles. The maximum Gasteiger partial charge on any atom is 0.224 e. The molecule has 2 nitrogen and oxygen atoms in total. The molecular formula is C15H17NO. The number of rotatable bonds is 1. The lowest BCUT2D eigenvalue weighted by Gasteiger charge is -2.22. The van der Waals surface area contributed by atoms with Crippen molar-refractivity contribution in [2.45, 2.75) is 32.5 Å². The molecule has 1 unspecified atom stereocenters. The van der Waals surface area contributed by atoms with Crippen molar-refractivity contribution in [1.29, 1.82) is 0 Å². The average molecular weight is 232 g/mol. The lowest BCUT2D eigenvalue weighted by Crippen LogP contribution is -2.27. The van der Waals surface area contributed by atoms with Crippen LogP contribution >= 0.6 is 0 Å². The molecule has 0 radical (unpaired) electrons. The van der Waals surface area contributed by atoms with Gasteiger partial charge in [0.1, 0.15) is 0 Å². The summed E-state index contributed by atoms with van der Waals surface area (Å²) in [5.41, 5.74) is 8.13. The first-order valence-corrected chi connectivity index (χ1v) is 5.68.